The molecule has 0 aliphatic rings. The molecule has 2 aromatic heterocycles. The Labute approximate surface area is 238 Å². The van der Waals surface area contributed by atoms with E-state index >= 15 is 0 Å². The number of aromatic amines is 1. The summed E-state index contributed by atoms with van der Waals surface area (Å²) in [5.74, 6) is -2.41. The number of carbonyl (C=O) groups excluding carboxylic acids is 4. The quantitative estimate of drug-likeness (QED) is 0.193. The lowest BCUT2D eigenvalue weighted by atomic mass is 10.0. The minimum absolute atomic E-state index is 0.125. The van der Waals surface area contributed by atoms with Gasteiger partial charge in [0.25, 0.3) is 11.8 Å². The summed E-state index contributed by atoms with van der Waals surface area (Å²) < 4.78 is 19.8. The van der Waals surface area contributed by atoms with Crippen LogP contribution in [0.2, 0.25) is 0 Å². The van der Waals surface area contributed by atoms with Gasteiger partial charge in [-0.2, -0.15) is 4.37 Å². The summed E-state index contributed by atoms with van der Waals surface area (Å²) >= 11 is 0.665. The lowest BCUT2D eigenvalue weighted by Gasteiger charge is -2.32. The number of nitrogens with one attached hydrogen (secondary N) is 2. The Kier molecular flexibility index (Phi) is 8.72. The number of hydrogen-bond donors (Lipinski definition) is 4. The highest BCUT2D eigenvalue weighted by Gasteiger charge is 2.38. The van der Waals surface area contributed by atoms with Crippen molar-refractivity contribution in [2.45, 2.75) is 13.0 Å². The van der Waals surface area contributed by atoms with Gasteiger partial charge in [-0.15, -0.1) is 0 Å². The highest BCUT2D eigenvalue weighted by Crippen LogP contribution is 2.41. The first-order chi connectivity index (χ1) is 19.7. The number of primary amides is 1. The third-order valence-corrected chi connectivity index (χ3v) is 7.01. The molecule has 3 amide bonds. The number of H-pyrrole nitrogens is 1. The van der Waals surface area contributed by atoms with E-state index in [1.165, 1.54) is 19.1 Å². The van der Waals surface area contributed by atoms with Crippen molar-refractivity contribution in [3.05, 3.63) is 64.8 Å². The molecule has 13 nitrogen and oxygen atoms in total. The van der Waals surface area contributed by atoms with Crippen LogP contribution in [-0.2, 0) is 14.3 Å². The Hall–Kier alpha value is -5.11. The maximum atomic E-state index is 14.3. The summed E-state index contributed by atoms with van der Waals surface area (Å²) in [5.41, 5.74) is 12.3. The van der Waals surface area contributed by atoms with Crippen molar-refractivity contribution < 1.29 is 33.4 Å². The number of para-hydroxylation sites is 1. The number of aromatic nitrogens is 2. The summed E-state index contributed by atoms with van der Waals surface area (Å²) in [5, 5.41) is 3.21. The van der Waals surface area contributed by atoms with E-state index < -0.39 is 36.3 Å². The molecule has 0 radical (unpaired) electrons. The number of fused-ring (bicyclic) bond motifs is 1. The molecule has 41 heavy (non-hydrogen) atoms. The van der Waals surface area contributed by atoms with Crippen LogP contribution in [0.25, 0.3) is 10.9 Å². The van der Waals surface area contributed by atoms with Crippen LogP contribution in [0.4, 0.5) is 11.4 Å². The molecule has 4 rings (SSSR count). The molecule has 0 bridgehead atoms. The van der Waals surface area contributed by atoms with Crippen LogP contribution in [0.15, 0.2) is 48.7 Å². The van der Waals surface area contributed by atoms with E-state index in [1.807, 2.05) is 12.1 Å². The third-order valence-electron chi connectivity index (χ3n) is 6.16. The fourth-order valence-corrected chi connectivity index (χ4v) is 5.02. The van der Waals surface area contributed by atoms with E-state index in [9.17, 15) is 19.2 Å². The minimum Gasteiger partial charge on any atom is -0.497 e. The van der Waals surface area contributed by atoms with Gasteiger partial charge in [-0.3, -0.25) is 24.1 Å². The zero-order chi connectivity index (χ0) is 29.7. The molecule has 0 fully saturated rings. The molecule has 2 heterocycles. The summed E-state index contributed by atoms with van der Waals surface area (Å²) in [6, 6.07) is 10.5. The fourth-order valence-electron chi connectivity index (χ4n) is 4.27. The number of amides is 3. The Morgan fingerprint density at radius 1 is 1.12 bits per heavy atom. The van der Waals surface area contributed by atoms with Crippen LogP contribution in [0.3, 0.4) is 0 Å². The van der Waals surface area contributed by atoms with Crippen LogP contribution in [-0.4, -0.2) is 60.4 Å². The van der Waals surface area contributed by atoms with Crippen molar-refractivity contribution in [3.63, 3.8) is 0 Å². The van der Waals surface area contributed by atoms with E-state index in [-0.39, 0.29) is 34.3 Å². The van der Waals surface area contributed by atoms with Crippen LogP contribution in [0.1, 0.15) is 38.7 Å². The standard InChI is InChI=1S/C27H28N6O7S/c1-4-40-20(34)13-31-26(36)23(16-12-30-17-8-6-5-7-15(16)17)33(18-10-9-14(38-2)11-19(18)39-3)27(37)24-21(28)22(25(29)35)32-41-24/h5-12,23,30H,4,13,28H2,1-3H3,(H2,29,35)(H,31,36)/t23-/m1/s1. The largest absolute Gasteiger partial charge is 0.497 e. The van der Waals surface area contributed by atoms with Crippen molar-refractivity contribution >= 4 is 57.5 Å². The Morgan fingerprint density at radius 2 is 1.88 bits per heavy atom. The number of anilines is 2. The van der Waals surface area contributed by atoms with Gasteiger partial charge >= 0.3 is 5.97 Å². The lowest BCUT2D eigenvalue weighted by Crippen LogP contribution is -2.45. The molecule has 0 saturated carbocycles. The number of ether oxygens (including phenoxy) is 3. The second-order valence-corrected chi connectivity index (χ2v) is 9.34. The Bertz CT molecular complexity index is 1610. The molecule has 0 aliphatic carbocycles. The van der Waals surface area contributed by atoms with Crippen LogP contribution < -0.4 is 31.2 Å². The second-order valence-electron chi connectivity index (χ2n) is 8.57. The summed E-state index contributed by atoms with van der Waals surface area (Å²) in [7, 11) is 2.87. The van der Waals surface area contributed by atoms with E-state index in [4.69, 9.17) is 25.7 Å². The van der Waals surface area contributed by atoms with Gasteiger partial charge in [0.1, 0.15) is 29.0 Å². The molecule has 14 heteroatoms. The molecule has 0 aliphatic heterocycles. The first kappa shape index (κ1) is 28.9. The number of nitrogens with zero attached hydrogens (tertiary/aromatic N) is 2. The van der Waals surface area contributed by atoms with E-state index in [0.717, 1.165) is 0 Å². The number of carbonyl (C=O) groups is 4. The first-order valence-electron chi connectivity index (χ1n) is 12.3. The minimum atomic E-state index is -1.37. The van der Waals surface area contributed by atoms with Crippen molar-refractivity contribution in [2.75, 3.05) is 38.0 Å². The molecular weight excluding hydrogens is 552 g/mol. The van der Waals surface area contributed by atoms with Crippen molar-refractivity contribution in [2.24, 2.45) is 5.73 Å². The zero-order valence-electron chi connectivity index (χ0n) is 22.4. The maximum absolute atomic E-state index is 14.3. The van der Waals surface area contributed by atoms with Crippen molar-refractivity contribution in [3.8, 4) is 11.5 Å². The molecule has 6 N–H and O–H groups in total. The average molecular weight is 581 g/mol. The summed E-state index contributed by atoms with van der Waals surface area (Å²) in [4.78, 5) is 56.4. The summed E-state index contributed by atoms with van der Waals surface area (Å²) in [6.45, 7) is 1.33. The number of benzene rings is 2. The van der Waals surface area contributed by atoms with Crippen LogP contribution in [0.5, 0.6) is 11.5 Å². The second kappa shape index (κ2) is 12.4. The number of esters is 1. The number of nitrogens with two attached hydrogens (primary N) is 2. The molecule has 214 valence electrons. The highest BCUT2D eigenvalue weighted by atomic mass is 32.1. The molecule has 0 unspecified atom stereocenters. The molecule has 0 spiro atoms. The van der Waals surface area contributed by atoms with Crippen molar-refractivity contribution in [1.82, 2.24) is 14.7 Å². The van der Waals surface area contributed by atoms with Gasteiger partial charge in [0, 0.05) is 28.7 Å². The smallest absolute Gasteiger partial charge is 0.325 e. The van der Waals surface area contributed by atoms with E-state index in [0.29, 0.717) is 33.7 Å². The van der Waals surface area contributed by atoms with Gasteiger partial charge in [-0.25, -0.2) is 0 Å². The monoisotopic (exact) mass is 580 g/mol. The topological polar surface area (TPSA) is 192 Å². The predicted molar refractivity (Wildman–Crippen MR) is 152 cm³/mol. The number of methoxy groups -OCH3 is 2. The van der Waals surface area contributed by atoms with Crippen LogP contribution in [0, 0.1) is 0 Å². The molecular formula is C27H28N6O7S. The van der Waals surface area contributed by atoms with Gasteiger partial charge in [0.2, 0.25) is 5.91 Å². The van der Waals surface area contributed by atoms with Gasteiger partial charge in [-0.1, -0.05) is 18.2 Å². The number of hydrogen-bond acceptors (Lipinski definition) is 10. The average Bonchev–Trinajstić information content (AvgIpc) is 3.57. The third kappa shape index (κ3) is 5.77. The van der Waals surface area contributed by atoms with Gasteiger partial charge in [0.05, 0.1) is 32.2 Å². The normalized spacial score (nSPS) is 11.5. The predicted octanol–water partition coefficient (Wildman–Crippen LogP) is 2.39. The van der Waals surface area contributed by atoms with Crippen LogP contribution >= 0.6 is 11.5 Å². The Balaban J connectivity index is 1.96. The zero-order valence-corrected chi connectivity index (χ0v) is 23.2. The Morgan fingerprint density at radius 3 is 2.54 bits per heavy atom. The van der Waals surface area contributed by atoms with Gasteiger partial charge in [-0.05, 0) is 36.7 Å². The van der Waals surface area contributed by atoms with Gasteiger partial charge in [0.15, 0.2) is 5.69 Å². The lowest BCUT2D eigenvalue weighted by molar-refractivity contribution is -0.143. The van der Waals surface area contributed by atoms with Crippen molar-refractivity contribution in [1.29, 1.82) is 0 Å². The maximum Gasteiger partial charge on any atom is 0.325 e. The number of rotatable bonds is 11. The molecule has 1 atom stereocenters. The van der Waals surface area contributed by atoms with E-state index in [1.54, 1.807) is 43.5 Å². The summed E-state index contributed by atoms with van der Waals surface area (Å²) in [6.07, 6.45) is 1.60. The first-order valence-corrected chi connectivity index (χ1v) is 13.1. The number of nitrogen functional groups attached to an aromatic ring is 1. The highest BCUT2D eigenvalue weighted by molar-refractivity contribution is 7.09. The molecule has 0 saturated heterocycles. The van der Waals surface area contributed by atoms with Gasteiger partial charge < -0.3 is 36.0 Å². The SMILES string of the molecule is CCOC(=O)CNC(=O)[C@@H](c1c[nH]c2ccccc12)N(C(=O)c1snc(C(N)=O)c1N)c1ccc(OC)cc1OC. The molecule has 4 aromatic rings. The fraction of sp³-hybridized carbons (Fsp3) is 0.222. The van der Waals surface area contributed by atoms with E-state index in [2.05, 4.69) is 14.7 Å². The molecule has 2 aromatic carbocycles.